The smallest absolute Gasteiger partial charge is 0.233 e. The van der Waals surface area contributed by atoms with Crippen molar-refractivity contribution in [2.24, 2.45) is 28.7 Å². The number of fused-ring (bicyclic) bond motifs is 5. The maximum Gasteiger partial charge on any atom is 0.233 e. The highest BCUT2D eigenvalue weighted by Gasteiger charge is 2.58. The molecule has 7 nitrogen and oxygen atoms in total. The Bertz CT molecular complexity index is 909. The first kappa shape index (κ1) is 22.4. The normalized spacial score (nSPS) is 26.6. The van der Waals surface area contributed by atoms with E-state index in [-0.39, 0.29) is 40.9 Å². The van der Waals surface area contributed by atoms with Gasteiger partial charge in [0.25, 0.3) is 0 Å². The molecule has 4 atom stereocenters. The molecule has 2 fully saturated rings. The molecule has 2 aliphatic carbocycles. The van der Waals surface area contributed by atoms with E-state index in [2.05, 4.69) is 42.7 Å². The first-order chi connectivity index (χ1) is 15.4. The number of amides is 2. The van der Waals surface area contributed by atoms with Gasteiger partial charge in [-0.3, -0.25) is 19.5 Å². The van der Waals surface area contributed by atoms with Crippen molar-refractivity contribution in [3.8, 4) is 5.75 Å². The summed E-state index contributed by atoms with van der Waals surface area (Å²) in [5.41, 5.74) is 0.973. The van der Waals surface area contributed by atoms with Gasteiger partial charge in [0.05, 0.1) is 25.5 Å². The number of guanidine groups is 1. The molecule has 1 saturated carbocycles. The van der Waals surface area contributed by atoms with Crippen LogP contribution in [0.25, 0.3) is 0 Å². The second kappa shape index (κ2) is 8.96. The van der Waals surface area contributed by atoms with Gasteiger partial charge in [0.15, 0.2) is 5.96 Å². The Morgan fingerprint density at radius 2 is 1.84 bits per heavy atom. The second-order valence-corrected chi connectivity index (χ2v) is 9.57. The van der Waals surface area contributed by atoms with Gasteiger partial charge in [-0.1, -0.05) is 38.1 Å². The predicted octanol–water partition coefficient (Wildman–Crippen LogP) is 2.33. The minimum Gasteiger partial charge on any atom is -0.497 e. The average Bonchev–Trinajstić information content (AvgIpc) is 3.47. The molecule has 4 rings (SSSR count). The Morgan fingerprint density at radius 1 is 1.16 bits per heavy atom. The number of imide groups is 1. The second-order valence-electron chi connectivity index (χ2n) is 9.57. The number of hydrogen-bond donors (Lipinski definition) is 2. The van der Waals surface area contributed by atoms with Crippen molar-refractivity contribution in [2.45, 2.75) is 32.6 Å². The lowest BCUT2D eigenvalue weighted by Crippen LogP contribution is -2.44. The van der Waals surface area contributed by atoms with E-state index in [4.69, 9.17) is 9.73 Å². The lowest BCUT2D eigenvalue weighted by Gasteiger charge is -2.24. The third kappa shape index (κ3) is 4.12. The van der Waals surface area contributed by atoms with E-state index in [1.807, 2.05) is 25.1 Å². The van der Waals surface area contributed by atoms with Crippen molar-refractivity contribution in [2.75, 3.05) is 33.3 Å². The van der Waals surface area contributed by atoms with Gasteiger partial charge in [0.2, 0.25) is 11.8 Å². The molecule has 1 saturated heterocycles. The Balaban J connectivity index is 1.35. The van der Waals surface area contributed by atoms with E-state index in [9.17, 15) is 9.59 Å². The zero-order chi connectivity index (χ0) is 22.9. The minimum absolute atomic E-state index is 0.000234. The fourth-order valence-corrected chi connectivity index (χ4v) is 5.22. The van der Waals surface area contributed by atoms with Crippen LogP contribution in [-0.4, -0.2) is 56.0 Å². The molecule has 1 aromatic rings. The zero-order valence-electron chi connectivity index (χ0n) is 19.4. The summed E-state index contributed by atoms with van der Waals surface area (Å²) in [7, 11) is 1.67. The van der Waals surface area contributed by atoms with E-state index in [1.165, 1.54) is 4.90 Å². The number of nitrogens with one attached hydrogen (secondary N) is 2. The highest BCUT2D eigenvalue weighted by molar-refractivity contribution is 6.06. The molecule has 4 unspecified atom stereocenters. The Hall–Kier alpha value is -2.83. The van der Waals surface area contributed by atoms with E-state index in [0.717, 1.165) is 24.3 Å². The fourth-order valence-electron chi connectivity index (χ4n) is 5.22. The Morgan fingerprint density at radius 3 is 2.47 bits per heavy atom. The van der Waals surface area contributed by atoms with Crippen molar-refractivity contribution < 1.29 is 14.3 Å². The molecular weight excluding hydrogens is 404 g/mol. The standard InChI is InChI=1S/C25H34N4O3/c1-5-26-24(28-15-25(2,3)18-7-6-8-19(14-18)32-4)27-11-12-29-22(30)20-16-9-10-17(13-16)21(20)23(29)31/h6-10,14,16-17,20-21H,5,11-13,15H2,1-4H3,(H2,26,27,28). The van der Waals surface area contributed by atoms with Gasteiger partial charge in [-0.15, -0.1) is 0 Å². The number of aliphatic imine (C=N–C) groups is 1. The lowest BCUT2D eigenvalue weighted by atomic mass is 9.85. The van der Waals surface area contributed by atoms with Crippen LogP contribution in [-0.2, 0) is 15.0 Å². The SMILES string of the molecule is CCNC(=NCC(C)(C)c1cccc(OC)c1)NCCN1C(=O)C2C3C=CC(C3)C2C1=O. The van der Waals surface area contributed by atoms with Gasteiger partial charge in [-0.05, 0) is 42.9 Å². The van der Waals surface area contributed by atoms with Gasteiger partial charge in [-0.25, -0.2) is 0 Å². The molecule has 172 valence electrons. The third-order valence-corrected chi connectivity index (χ3v) is 7.02. The highest BCUT2D eigenvalue weighted by atomic mass is 16.5. The number of rotatable bonds is 8. The van der Waals surface area contributed by atoms with Gasteiger partial charge in [-0.2, -0.15) is 0 Å². The van der Waals surface area contributed by atoms with E-state index < -0.39 is 0 Å². The Kier molecular flexibility index (Phi) is 6.26. The van der Waals surface area contributed by atoms with Crippen LogP contribution in [0, 0.1) is 23.7 Å². The summed E-state index contributed by atoms with van der Waals surface area (Å²) in [6.07, 6.45) is 5.21. The summed E-state index contributed by atoms with van der Waals surface area (Å²) in [5, 5.41) is 6.55. The number of ether oxygens (including phenoxy) is 1. The molecule has 1 heterocycles. The van der Waals surface area contributed by atoms with Gasteiger partial charge in [0, 0.05) is 25.0 Å². The monoisotopic (exact) mass is 438 g/mol. The first-order valence-electron chi connectivity index (χ1n) is 11.6. The first-order valence-corrected chi connectivity index (χ1v) is 11.6. The van der Waals surface area contributed by atoms with Crippen LogP contribution in [0.4, 0.5) is 0 Å². The van der Waals surface area contributed by atoms with Gasteiger partial charge >= 0.3 is 0 Å². The molecule has 1 aliphatic heterocycles. The highest BCUT2D eigenvalue weighted by Crippen LogP contribution is 2.52. The van der Waals surface area contributed by atoms with Crippen molar-refractivity contribution in [1.82, 2.24) is 15.5 Å². The van der Waals surface area contributed by atoms with Crippen LogP contribution in [0.2, 0.25) is 0 Å². The molecule has 7 heteroatoms. The largest absolute Gasteiger partial charge is 0.497 e. The van der Waals surface area contributed by atoms with Crippen LogP contribution in [0.15, 0.2) is 41.4 Å². The molecule has 3 aliphatic rings. The van der Waals surface area contributed by atoms with E-state index in [1.54, 1.807) is 7.11 Å². The van der Waals surface area contributed by atoms with Crippen LogP contribution < -0.4 is 15.4 Å². The summed E-state index contributed by atoms with van der Waals surface area (Å²) >= 11 is 0. The van der Waals surface area contributed by atoms with Crippen LogP contribution in [0.1, 0.15) is 32.8 Å². The topological polar surface area (TPSA) is 83.0 Å². The zero-order valence-corrected chi connectivity index (χ0v) is 19.4. The van der Waals surface area contributed by atoms with Gasteiger partial charge < -0.3 is 15.4 Å². The Labute approximate surface area is 190 Å². The maximum atomic E-state index is 12.8. The molecular formula is C25H34N4O3. The number of carbonyl (C=O) groups is 2. The number of carbonyl (C=O) groups excluding carboxylic acids is 2. The number of methoxy groups -OCH3 is 1. The number of hydrogen-bond acceptors (Lipinski definition) is 4. The fraction of sp³-hybridized carbons (Fsp3) is 0.560. The number of likely N-dealkylation sites (tertiary alicyclic amines) is 1. The summed E-state index contributed by atoms with van der Waals surface area (Å²) in [6, 6.07) is 8.05. The molecule has 0 spiro atoms. The van der Waals surface area contributed by atoms with Crippen molar-refractivity contribution in [1.29, 1.82) is 0 Å². The molecule has 0 radical (unpaired) electrons. The van der Waals surface area contributed by atoms with Crippen molar-refractivity contribution >= 4 is 17.8 Å². The molecule has 32 heavy (non-hydrogen) atoms. The van der Waals surface area contributed by atoms with Gasteiger partial charge in [0.1, 0.15) is 5.75 Å². The van der Waals surface area contributed by atoms with Crippen molar-refractivity contribution in [3.05, 3.63) is 42.0 Å². The lowest BCUT2D eigenvalue weighted by molar-refractivity contribution is -0.140. The third-order valence-electron chi connectivity index (χ3n) is 7.02. The van der Waals surface area contributed by atoms with Crippen molar-refractivity contribution in [3.63, 3.8) is 0 Å². The molecule has 1 aromatic carbocycles. The molecule has 2 amide bonds. The number of benzene rings is 1. The van der Waals surface area contributed by atoms with E-state index >= 15 is 0 Å². The summed E-state index contributed by atoms with van der Waals surface area (Å²) < 4.78 is 5.35. The average molecular weight is 439 g/mol. The maximum absolute atomic E-state index is 12.8. The van der Waals surface area contributed by atoms with Crippen LogP contribution in [0.5, 0.6) is 5.75 Å². The minimum atomic E-state index is -0.179. The summed E-state index contributed by atoms with van der Waals surface area (Å²) in [4.78, 5) is 31.9. The van der Waals surface area contributed by atoms with E-state index in [0.29, 0.717) is 25.6 Å². The van der Waals surface area contributed by atoms with Crippen LogP contribution >= 0.6 is 0 Å². The number of nitrogens with zero attached hydrogens (tertiary/aromatic N) is 2. The molecule has 2 bridgehead atoms. The quantitative estimate of drug-likeness (QED) is 0.282. The molecule has 2 N–H and O–H groups in total. The predicted molar refractivity (Wildman–Crippen MR) is 124 cm³/mol. The number of allylic oxidation sites excluding steroid dienone is 2. The summed E-state index contributed by atoms with van der Waals surface area (Å²) in [6.45, 7) is 8.47. The van der Waals surface area contributed by atoms with Crippen LogP contribution in [0.3, 0.4) is 0 Å². The summed E-state index contributed by atoms with van der Waals surface area (Å²) in [5.74, 6) is 1.74. The molecule has 0 aromatic heterocycles.